The van der Waals surface area contributed by atoms with Gasteiger partial charge in [-0.2, -0.15) is 13.2 Å². The molecule has 0 aliphatic carbocycles. The Labute approximate surface area is 125 Å². The molecular formula is C14H15F3N2OS. The number of nitrogens with two attached hydrogens (primary N) is 1. The van der Waals surface area contributed by atoms with Crippen molar-refractivity contribution in [1.29, 1.82) is 0 Å². The molecule has 1 aliphatic heterocycles. The summed E-state index contributed by atoms with van der Waals surface area (Å²) < 4.78 is 38.1. The van der Waals surface area contributed by atoms with Crippen molar-refractivity contribution in [2.75, 3.05) is 6.54 Å². The summed E-state index contributed by atoms with van der Waals surface area (Å²) in [7, 11) is 0. The Morgan fingerprint density at radius 1 is 1.33 bits per heavy atom. The number of carbonyl (C=O) groups is 1. The van der Waals surface area contributed by atoms with Crippen molar-refractivity contribution in [3.63, 3.8) is 0 Å². The van der Waals surface area contributed by atoms with Crippen LogP contribution in [0.1, 0.15) is 35.2 Å². The summed E-state index contributed by atoms with van der Waals surface area (Å²) in [5.74, 6) is -0.460. The topological polar surface area (TPSA) is 46.3 Å². The van der Waals surface area contributed by atoms with E-state index in [1.165, 1.54) is 17.0 Å². The number of thiocarbonyl (C=S) groups is 1. The van der Waals surface area contributed by atoms with Gasteiger partial charge in [-0.05, 0) is 37.5 Å². The Bertz CT molecular complexity index is 559. The van der Waals surface area contributed by atoms with Crippen LogP contribution in [0.4, 0.5) is 13.2 Å². The molecule has 1 amide bonds. The van der Waals surface area contributed by atoms with Gasteiger partial charge >= 0.3 is 6.18 Å². The zero-order valence-corrected chi connectivity index (χ0v) is 12.0. The van der Waals surface area contributed by atoms with Gasteiger partial charge in [0.15, 0.2) is 0 Å². The van der Waals surface area contributed by atoms with Gasteiger partial charge in [0.25, 0.3) is 5.91 Å². The van der Waals surface area contributed by atoms with Crippen LogP contribution in [0.3, 0.4) is 0 Å². The fourth-order valence-electron chi connectivity index (χ4n) is 2.46. The monoisotopic (exact) mass is 316 g/mol. The van der Waals surface area contributed by atoms with Crippen molar-refractivity contribution in [1.82, 2.24) is 4.90 Å². The van der Waals surface area contributed by atoms with Crippen LogP contribution < -0.4 is 5.73 Å². The van der Waals surface area contributed by atoms with Gasteiger partial charge in [0, 0.05) is 12.1 Å². The number of hydrogen-bond acceptors (Lipinski definition) is 2. The summed E-state index contributed by atoms with van der Waals surface area (Å²) in [4.78, 5) is 14.1. The highest BCUT2D eigenvalue weighted by atomic mass is 32.1. The molecule has 1 heterocycles. The third-order valence-electron chi connectivity index (χ3n) is 3.53. The van der Waals surface area contributed by atoms with E-state index in [-0.39, 0.29) is 16.6 Å². The molecule has 21 heavy (non-hydrogen) atoms. The van der Waals surface area contributed by atoms with E-state index in [0.29, 0.717) is 13.0 Å². The number of amides is 1. The fraction of sp³-hybridized carbons (Fsp3) is 0.429. The van der Waals surface area contributed by atoms with E-state index < -0.39 is 17.6 Å². The number of hydrogen-bond donors (Lipinski definition) is 1. The average molecular weight is 316 g/mol. The molecular weight excluding hydrogens is 301 g/mol. The molecule has 3 nitrogen and oxygen atoms in total. The zero-order valence-electron chi connectivity index (χ0n) is 11.2. The minimum atomic E-state index is -4.47. The highest BCUT2D eigenvalue weighted by Crippen LogP contribution is 2.30. The summed E-state index contributed by atoms with van der Waals surface area (Å²) in [6.07, 6.45) is -2.13. The Morgan fingerprint density at radius 2 is 2.05 bits per heavy atom. The highest BCUT2D eigenvalue weighted by molar-refractivity contribution is 7.80. The van der Waals surface area contributed by atoms with Gasteiger partial charge in [0.2, 0.25) is 0 Å². The van der Waals surface area contributed by atoms with E-state index in [1.54, 1.807) is 0 Å². The third-order valence-corrected chi connectivity index (χ3v) is 3.80. The lowest BCUT2D eigenvalue weighted by molar-refractivity contribution is -0.137. The van der Waals surface area contributed by atoms with Crippen molar-refractivity contribution in [2.45, 2.75) is 31.5 Å². The van der Waals surface area contributed by atoms with Crippen molar-refractivity contribution in [2.24, 2.45) is 5.73 Å². The summed E-state index contributed by atoms with van der Waals surface area (Å²) >= 11 is 4.95. The molecule has 1 aliphatic rings. The van der Waals surface area contributed by atoms with E-state index in [0.717, 1.165) is 25.0 Å². The van der Waals surface area contributed by atoms with E-state index in [9.17, 15) is 18.0 Å². The second-order valence-corrected chi connectivity index (χ2v) is 5.46. The quantitative estimate of drug-likeness (QED) is 0.853. The minimum Gasteiger partial charge on any atom is -0.392 e. The van der Waals surface area contributed by atoms with Gasteiger partial charge in [-0.25, -0.2) is 0 Å². The van der Waals surface area contributed by atoms with Gasteiger partial charge in [0.1, 0.15) is 0 Å². The van der Waals surface area contributed by atoms with Gasteiger partial charge in [-0.1, -0.05) is 18.3 Å². The highest BCUT2D eigenvalue weighted by Gasteiger charge is 2.33. The van der Waals surface area contributed by atoms with E-state index >= 15 is 0 Å². The molecule has 1 atom stereocenters. The third kappa shape index (κ3) is 3.53. The number of alkyl halides is 3. The van der Waals surface area contributed by atoms with Gasteiger partial charge in [-0.3, -0.25) is 4.79 Å². The molecule has 7 heteroatoms. The predicted octanol–water partition coefficient (Wildman–Crippen LogP) is 2.99. The summed E-state index contributed by atoms with van der Waals surface area (Å²) in [5.41, 5.74) is 4.80. The maximum atomic E-state index is 12.7. The summed E-state index contributed by atoms with van der Waals surface area (Å²) in [5, 5.41) is 0. The maximum absolute atomic E-state index is 12.7. The van der Waals surface area contributed by atoms with Crippen LogP contribution in [-0.4, -0.2) is 28.4 Å². The Hall–Kier alpha value is -1.63. The molecule has 0 bridgehead atoms. The number of nitrogens with zero attached hydrogens (tertiary/aromatic N) is 1. The first-order valence-corrected chi connectivity index (χ1v) is 6.99. The average Bonchev–Trinajstić information content (AvgIpc) is 2.45. The Kier molecular flexibility index (Phi) is 4.51. The molecule has 114 valence electrons. The van der Waals surface area contributed by atoms with Gasteiger partial charge in [-0.15, -0.1) is 0 Å². The van der Waals surface area contributed by atoms with Crippen LogP contribution in [0.25, 0.3) is 0 Å². The van der Waals surface area contributed by atoms with E-state index in [4.69, 9.17) is 18.0 Å². The number of piperidine rings is 1. The van der Waals surface area contributed by atoms with Crippen LogP contribution in [0.2, 0.25) is 0 Å². The lowest BCUT2D eigenvalue weighted by Crippen LogP contribution is -2.49. The lowest BCUT2D eigenvalue weighted by Gasteiger charge is -2.35. The second-order valence-electron chi connectivity index (χ2n) is 4.99. The number of carbonyl (C=O) groups excluding carboxylic acids is 1. The van der Waals surface area contributed by atoms with Crippen molar-refractivity contribution >= 4 is 23.1 Å². The summed E-state index contributed by atoms with van der Waals surface area (Å²) in [6.45, 7) is 0.455. The SMILES string of the molecule is NC(=S)C1CCCCN1C(=O)c1cccc(C(F)(F)F)c1. The maximum Gasteiger partial charge on any atom is 0.416 e. The van der Waals surface area contributed by atoms with Crippen LogP contribution in [-0.2, 0) is 6.18 Å². The first kappa shape index (κ1) is 15.8. The molecule has 1 unspecified atom stereocenters. The molecule has 0 spiro atoms. The van der Waals surface area contributed by atoms with Gasteiger partial charge in [0.05, 0.1) is 16.6 Å². The van der Waals surface area contributed by atoms with E-state index in [2.05, 4.69) is 0 Å². The molecule has 1 aromatic carbocycles. The number of likely N-dealkylation sites (tertiary alicyclic amines) is 1. The second kappa shape index (κ2) is 6.01. The molecule has 1 fully saturated rings. The van der Waals surface area contributed by atoms with Crippen molar-refractivity contribution in [3.05, 3.63) is 35.4 Å². The summed E-state index contributed by atoms with van der Waals surface area (Å²) in [6, 6.07) is 4.04. The van der Waals surface area contributed by atoms with Crippen LogP contribution in [0.15, 0.2) is 24.3 Å². The number of rotatable bonds is 2. The minimum absolute atomic E-state index is 0.00738. The lowest BCUT2D eigenvalue weighted by atomic mass is 10.00. The fourth-order valence-corrected chi connectivity index (χ4v) is 2.71. The molecule has 1 aromatic rings. The molecule has 0 aromatic heterocycles. The van der Waals surface area contributed by atoms with Crippen LogP contribution in [0.5, 0.6) is 0 Å². The number of halogens is 3. The van der Waals surface area contributed by atoms with E-state index in [1.807, 2.05) is 0 Å². The van der Waals surface area contributed by atoms with Crippen molar-refractivity contribution < 1.29 is 18.0 Å². The smallest absolute Gasteiger partial charge is 0.392 e. The largest absolute Gasteiger partial charge is 0.416 e. The standard InChI is InChI=1S/C14H15F3N2OS/c15-14(16,17)10-5-3-4-9(8-10)13(20)19-7-2-1-6-11(19)12(18)21/h3-5,8,11H,1-2,6-7H2,(H2,18,21). The molecule has 0 radical (unpaired) electrons. The van der Waals surface area contributed by atoms with Crippen LogP contribution in [0, 0.1) is 0 Å². The Balaban J connectivity index is 2.28. The van der Waals surface area contributed by atoms with Crippen LogP contribution >= 0.6 is 12.2 Å². The van der Waals surface area contributed by atoms with Gasteiger partial charge < -0.3 is 10.6 Å². The van der Waals surface area contributed by atoms with Crippen molar-refractivity contribution in [3.8, 4) is 0 Å². The normalized spacial score (nSPS) is 19.4. The number of benzene rings is 1. The first-order chi connectivity index (χ1) is 9.80. The molecule has 1 saturated heterocycles. The molecule has 0 saturated carbocycles. The predicted molar refractivity (Wildman–Crippen MR) is 76.9 cm³/mol. The Morgan fingerprint density at radius 3 is 2.67 bits per heavy atom. The molecule has 2 N–H and O–H groups in total. The molecule has 2 rings (SSSR count). The zero-order chi connectivity index (χ0) is 15.6. The first-order valence-electron chi connectivity index (χ1n) is 6.58.